The number of nitrogens with one attached hydrogen (secondary N) is 2. The fourth-order valence-corrected chi connectivity index (χ4v) is 5.37. The van der Waals surface area contributed by atoms with E-state index in [1.54, 1.807) is 0 Å². The van der Waals surface area contributed by atoms with Gasteiger partial charge in [-0.1, -0.05) is 30.3 Å². The van der Waals surface area contributed by atoms with Crippen LogP contribution in [0.25, 0.3) is 0 Å². The van der Waals surface area contributed by atoms with Gasteiger partial charge in [0.15, 0.2) is 0 Å². The fourth-order valence-electron chi connectivity index (χ4n) is 3.66. The highest BCUT2D eigenvalue weighted by molar-refractivity contribution is 7.95. The van der Waals surface area contributed by atoms with Gasteiger partial charge in [-0.25, -0.2) is 8.61 Å². The third-order valence-corrected chi connectivity index (χ3v) is 6.76. The van der Waals surface area contributed by atoms with Gasteiger partial charge in [0.25, 0.3) is 0 Å². The summed E-state index contributed by atoms with van der Waals surface area (Å²) >= 11 is 0. The Morgan fingerprint density at radius 3 is 2.35 bits per heavy atom. The van der Waals surface area contributed by atoms with E-state index >= 15 is 0 Å². The number of benzene rings is 2. The monoisotopic (exact) mass is 372 g/mol. The zero-order valence-electron chi connectivity index (χ0n) is 14.6. The highest BCUT2D eigenvalue weighted by Crippen LogP contribution is 2.44. The van der Waals surface area contributed by atoms with Crippen LogP contribution in [0.3, 0.4) is 0 Å². The minimum atomic E-state index is -3.63. The fraction of sp³-hybridized carbons (Fsp3) is 0.368. The first-order chi connectivity index (χ1) is 12.7. The van der Waals surface area contributed by atoms with Crippen molar-refractivity contribution >= 4 is 27.3 Å². The molecule has 7 heteroatoms. The van der Waals surface area contributed by atoms with Crippen molar-refractivity contribution in [3.63, 3.8) is 0 Å². The van der Waals surface area contributed by atoms with Crippen molar-refractivity contribution in [3.8, 4) is 0 Å². The van der Waals surface area contributed by atoms with Crippen molar-refractivity contribution in [1.29, 1.82) is 0 Å². The van der Waals surface area contributed by atoms with Crippen LogP contribution in [0.1, 0.15) is 12.8 Å². The first kappa shape index (κ1) is 17.3. The van der Waals surface area contributed by atoms with Crippen molar-refractivity contribution in [3.05, 3.63) is 54.6 Å². The molecule has 4 rings (SSSR count). The number of anilines is 3. The average Bonchev–Trinajstić information content (AvgIpc) is 2.90. The van der Waals surface area contributed by atoms with Crippen LogP contribution in [0.15, 0.2) is 54.6 Å². The predicted octanol–water partition coefficient (Wildman–Crippen LogP) is 2.23. The Hall–Kier alpha value is -2.09. The minimum absolute atomic E-state index is 0.423. The Bertz CT molecular complexity index is 851. The molecule has 26 heavy (non-hydrogen) atoms. The van der Waals surface area contributed by atoms with Crippen molar-refractivity contribution in [2.75, 3.05) is 34.8 Å². The first-order valence-corrected chi connectivity index (χ1v) is 10.5. The van der Waals surface area contributed by atoms with E-state index in [2.05, 4.69) is 10.6 Å². The number of para-hydroxylation sites is 3. The van der Waals surface area contributed by atoms with E-state index in [4.69, 9.17) is 0 Å². The molecule has 2 aromatic carbocycles. The summed E-state index contributed by atoms with van der Waals surface area (Å²) in [5.41, 5.74) is 2.11. The normalized spacial score (nSPS) is 19.5. The molecule has 0 bridgehead atoms. The Labute approximate surface area is 155 Å². The molecular formula is C19H24N4O2S. The van der Waals surface area contributed by atoms with E-state index in [9.17, 15) is 8.42 Å². The molecule has 2 heterocycles. The van der Waals surface area contributed by atoms with Gasteiger partial charge >= 0.3 is 10.2 Å². The lowest BCUT2D eigenvalue weighted by atomic mass is 10.1. The summed E-state index contributed by atoms with van der Waals surface area (Å²) in [7, 11) is -3.63. The van der Waals surface area contributed by atoms with Gasteiger partial charge in [0.05, 0.1) is 17.1 Å². The van der Waals surface area contributed by atoms with Gasteiger partial charge in [-0.15, -0.1) is 0 Å². The summed E-state index contributed by atoms with van der Waals surface area (Å²) in [6, 6.07) is 17.2. The standard InChI is InChI=1S/C19H24N4O2S/c24-26(25)22(15-14-21-16-10-12-20-13-11-16)18-8-4-5-9-19(18)23(26)17-6-2-1-3-7-17/h1-9,16,20-21H,10-15H2. The highest BCUT2D eigenvalue weighted by atomic mass is 32.2. The molecule has 0 unspecified atom stereocenters. The molecule has 2 N–H and O–H groups in total. The van der Waals surface area contributed by atoms with Gasteiger partial charge in [0.2, 0.25) is 0 Å². The molecule has 6 nitrogen and oxygen atoms in total. The van der Waals surface area contributed by atoms with Crippen molar-refractivity contribution in [2.45, 2.75) is 18.9 Å². The number of piperidine rings is 1. The maximum absolute atomic E-state index is 13.2. The van der Waals surface area contributed by atoms with Gasteiger partial charge in [-0.05, 0) is 50.2 Å². The molecule has 2 aliphatic heterocycles. The molecule has 2 aromatic rings. The quantitative estimate of drug-likeness (QED) is 0.845. The second-order valence-corrected chi connectivity index (χ2v) is 8.35. The van der Waals surface area contributed by atoms with Crippen LogP contribution in [0.2, 0.25) is 0 Å². The van der Waals surface area contributed by atoms with Gasteiger partial charge in [0.1, 0.15) is 0 Å². The van der Waals surface area contributed by atoms with Crippen LogP contribution in [-0.2, 0) is 10.2 Å². The van der Waals surface area contributed by atoms with E-state index in [0.717, 1.165) is 31.6 Å². The molecular weight excluding hydrogens is 348 g/mol. The maximum atomic E-state index is 13.2. The SMILES string of the molecule is O=S1(=O)N(CCNC2CCNCC2)c2ccccc2N1c1ccccc1. The van der Waals surface area contributed by atoms with Crippen LogP contribution >= 0.6 is 0 Å². The molecule has 1 saturated heterocycles. The number of nitrogens with zero attached hydrogens (tertiary/aromatic N) is 2. The van der Waals surface area contributed by atoms with Crippen LogP contribution in [-0.4, -0.2) is 40.6 Å². The second-order valence-electron chi connectivity index (χ2n) is 6.65. The van der Waals surface area contributed by atoms with Gasteiger partial charge < -0.3 is 10.6 Å². The average molecular weight is 372 g/mol. The Morgan fingerprint density at radius 1 is 0.962 bits per heavy atom. The van der Waals surface area contributed by atoms with E-state index in [-0.39, 0.29) is 0 Å². The summed E-state index contributed by atoms with van der Waals surface area (Å²) in [6.07, 6.45) is 2.17. The number of hydrogen-bond acceptors (Lipinski definition) is 4. The molecule has 2 aliphatic rings. The molecule has 0 amide bonds. The van der Waals surface area contributed by atoms with Gasteiger partial charge in [-0.2, -0.15) is 8.42 Å². The van der Waals surface area contributed by atoms with Crippen LogP contribution in [0, 0.1) is 0 Å². The second kappa shape index (κ2) is 7.26. The van der Waals surface area contributed by atoms with Crippen LogP contribution in [0.4, 0.5) is 17.1 Å². The summed E-state index contributed by atoms with van der Waals surface area (Å²) in [4.78, 5) is 0. The molecule has 0 atom stereocenters. The smallest absolute Gasteiger partial charge is 0.317 e. The van der Waals surface area contributed by atoms with Gasteiger partial charge in [-0.3, -0.25) is 0 Å². The van der Waals surface area contributed by atoms with Crippen molar-refractivity contribution in [1.82, 2.24) is 10.6 Å². The largest absolute Gasteiger partial charge is 0.331 e. The Balaban J connectivity index is 1.57. The third kappa shape index (κ3) is 3.18. The lowest BCUT2D eigenvalue weighted by Crippen LogP contribution is -2.44. The summed E-state index contributed by atoms with van der Waals surface area (Å²) in [5.74, 6) is 0. The number of hydrogen-bond donors (Lipinski definition) is 2. The molecule has 0 aliphatic carbocycles. The zero-order chi connectivity index (χ0) is 18.0. The zero-order valence-corrected chi connectivity index (χ0v) is 15.5. The first-order valence-electron chi connectivity index (χ1n) is 9.09. The molecule has 1 fully saturated rings. The molecule has 138 valence electrons. The topological polar surface area (TPSA) is 64.7 Å². The van der Waals surface area contributed by atoms with Crippen LogP contribution < -0.4 is 19.2 Å². The maximum Gasteiger partial charge on any atom is 0.331 e. The number of rotatable bonds is 5. The molecule has 0 spiro atoms. The molecule has 0 saturated carbocycles. The van der Waals surface area contributed by atoms with E-state index in [1.807, 2.05) is 54.6 Å². The highest BCUT2D eigenvalue weighted by Gasteiger charge is 2.40. The minimum Gasteiger partial charge on any atom is -0.317 e. The van der Waals surface area contributed by atoms with Crippen molar-refractivity contribution in [2.24, 2.45) is 0 Å². The predicted molar refractivity (Wildman–Crippen MR) is 105 cm³/mol. The molecule has 0 aromatic heterocycles. The lowest BCUT2D eigenvalue weighted by Gasteiger charge is -2.26. The number of fused-ring (bicyclic) bond motifs is 1. The Kier molecular flexibility index (Phi) is 4.84. The summed E-state index contributed by atoms with van der Waals surface area (Å²) in [6.45, 7) is 3.10. The van der Waals surface area contributed by atoms with Crippen LogP contribution in [0.5, 0.6) is 0 Å². The molecule has 0 radical (unpaired) electrons. The van der Waals surface area contributed by atoms with Gasteiger partial charge in [0, 0.05) is 19.1 Å². The summed E-state index contributed by atoms with van der Waals surface area (Å²) in [5, 5.41) is 6.85. The van der Waals surface area contributed by atoms with Crippen molar-refractivity contribution < 1.29 is 8.42 Å². The van der Waals surface area contributed by atoms with E-state index in [1.165, 1.54) is 8.61 Å². The summed E-state index contributed by atoms with van der Waals surface area (Å²) < 4.78 is 29.4. The third-order valence-electron chi connectivity index (χ3n) is 4.96. The lowest BCUT2D eigenvalue weighted by molar-refractivity contribution is 0.391. The van der Waals surface area contributed by atoms with E-state index in [0.29, 0.717) is 30.5 Å². The Morgan fingerprint density at radius 2 is 1.62 bits per heavy atom. The van der Waals surface area contributed by atoms with E-state index < -0.39 is 10.2 Å².